The van der Waals surface area contributed by atoms with Gasteiger partial charge in [-0.1, -0.05) is 0 Å². The zero-order valence-corrected chi connectivity index (χ0v) is 28.0. The minimum atomic E-state index is 1.13. The van der Waals surface area contributed by atoms with Crippen molar-refractivity contribution < 1.29 is 4.48 Å². The third-order valence-electron chi connectivity index (χ3n) is 24.9. The molecular formula is C44H58N+. The highest BCUT2D eigenvalue weighted by Gasteiger charge is 2.89. The van der Waals surface area contributed by atoms with Crippen LogP contribution in [0.5, 0.6) is 0 Å². The second kappa shape index (κ2) is 6.47. The Morgan fingerprint density at radius 3 is 0.733 bits per heavy atom. The van der Waals surface area contributed by atoms with Crippen LogP contribution in [0.15, 0.2) is 0 Å². The van der Waals surface area contributed by atoms with Crippen LogP contribution in [0.25, 0.3) is 0 Å². The van der Waals surface area contributed by atoms with Crippen LogP contribution in [0.2, 0.25) is 0 Å². The van der Waals surface area contributed by atoms with E-state index in [9.17, 15) is 0 Å². The van der Waals surface area contributed by atoms with Crippen LogP contribution in [-0.2, 0) is 0 Å². The number of rotatable bonds is 0. The molecule has 0 aromatic carbocycles. The number of quaternary nitrogens is 1. The van der Waals surface area contributed by atoms with E-state index in [0.29, 0.717) is 0 Å². The van der Waals surface area contributed by atoms with Gasteiger partial charge in [0, 0.05) is 11.8 Å². The SMILES string of the molecule is C[N+]1(C)CC2C(C1)C1C3CCC4C5CCC6C7CCC8C9CCC%10C2C2C1C1C3C4C3C5C6C4C7C8C5C9C%10C2C2C5C4C3C12. The summed E-state index contributed by atoms with van der Waals surface area (Å²) in [5, 5.41) is 0. The van der Waals surface area contributed by atoms with E-state index in [-0.39, 0.29) is 0 Å². The van der Waals surface area contributed by atoms with Crippen molar-refractivity contribution in [3.8, 4) is 0 Å². The fraction of sp³-hybridized carbons (Fsp3) is 1.00. The van der Waals surface area contributed by atoms with Crippen molar-refractivity contribution >= 4 is 0 Å². The number of likely N-dealkylation sites (tertiary alicyclic amines) is 1. The van der Waals surface area contributed by atoms with E-state index in [1.165, 1.54) is 182 Å². The van der Waals surface area contributed by atoms with Crippen LogP contribution in [0.3, 0.4) is 0 Å². The average Bonchev–Trinajstić information content (AvgIpc) is 3.87. The summed E-state index contributed by atoms with van der Waals surface area (Å²) in [5.74, 6) is 39.4. The first-order valence-electron chi connectivity index (χ1n) is 21.9. The zero-order valence-electron chi connectivity index (χ0n) is 28.0. The van der Waals surface area contributed by atoms with E-state index in [1.54, 1.807) is 64.5 Å². The van der Waals surface area contributed by atoms with Gasteiger partial charge in [-0.3, -0.25) is 0 Å². The Labute approximate surface area is 271 Å². The summed E-state index contributed by atoms with van der Waals surface area (Å²) < 4.78 is 1.40. The van der Waals surface area contributed by atoms with E-state index in [1.807, 2.05) is 0 Å². The van der Waals surface area contributed by atoms with Gasteiger partial charge in [0.15, 0.2) is 0 Å². The third kappa shape index (κ3) is 1.90. The Bertz CT molecular complexity index is 1420. The highest BCUT2D eigenvalue weighted by molar-refractivity contribution is 5.36. The molecule has 0 aromatic heterocycles. The topological polar surface area (TPSA) is 0 Å². The monoisotopic (exact) mass is 600 g/mol. The van der Waals surface area contributed by atoms with Gasteiger partial charge in [0.1, 0.15) is 0 Å². The molecule has 1 nitrogen and oxygen atoms in total. The number of fused-ring (bicyclic) bond motifs is 8. The molecule has 1 heterocycles. The molecule has 17 rings (SSSR count). The highest BCUT2D eigenvalue weighted by Crippen LogP contribution is 2.93. The van der Waals surface area contributed by atoms with Gasteiger partial charge in [0.2, 0.25) is 0 Å². The molecule has 17 aliphatic rings. The normalized spacial score (nSPS) is 84.4. The lowest BCUT2D eigenvalue weighted by atomic mass is 9.42. The molecule has 0 aromatic rings. The Balaban J connectivity index is 1.01. The molecule has 45 heavy (non-hydrogen) atoms. The maximum absolute atomic E-state index is 2.70. The van der Waals surface area contributed by atoms with Gasteiger partial charge in [-0.15, -0.1) is 0 Å². The standard InChI is InChI=1S/C44H58N/c1-45(2)11-21-22(12-45)24-20-10-8-18-16-6-4-14-13-3-5-15-17-7-9-19-23(21)33-34(24)39-32(20)30(18)37-28(16)26(14)35-25(13)27(15)36-29(17)31(19)38(33)43-41(36)40(35)42(37)44(39)43/h13-44H,3-12H2,1-2H3/q+1. The van der Waals surface area contributed by atoms with Gasteiger partial charge in [0.05, 0.1) is 27.2 Å². The van der Waals surface area contributed by atoms with E-state index in [2.05, 4.69) is 14.1 Å². The van der Waals surface area contributed by atoms with Crippen molar-refractivity contribution in [2.45, 2.75) is 51.4 Å². The van der Waals surface area contributed by atoms with Gasteiger partial charge in [-0.25, -0.2) is 0 Å². The predicted octanol–water partition coefficient (Wildman–Crippen LogP) is 7.13. The first kappa shape index (κ1) is 23.4. The molecule has 0 spiro atoms. The van der Waals surface area contributed by atoms with Crippen molar-refractivity contribution in [2.75, 3.05) is 27.2 Å². The summed E-state index contributed by atoms with van der Waals surface area (Å²) in [6.45, 7) is 3.18. The Kier molecular flexibility index (Phi) is 3.36. The maximum atomic E-state index is 2.70. The summed E-state index contributed by atoms with van der Waals surface area (Å²) >= 11 is 0. The summed E-state index contributed by atoms with van der Waals surface area (Å²) in [6, 6.07) is 0. The molecule has 16 saturated carbocycles. The van der Waals surface area contributed by atoms with Crippen LogP contribution in [-0.4, -0.2) is 31.7 Å². The van der Waals surface area contributed by atoms with Crippen LogP contribution in [0, 0.1) is 189 Å². The second-order valence-electron chi connectivity index (χ2n) is 24.0. The van der Waals surface area contributed by atoms with Gasteiger partial charge >= 0.3 is 0 Å². The Morgan fingerprint density at radius 2 is 0.422 bits per heavy atom. The average molecular weight is 601 g/mol. The molecule has 30 atom stereocenters. The minimum Gasteiger partial charge on any atom is -0.328 e. The lowest BCUT2D eigenvalue weighted by Crippen LogP contribution is -2.59. The van der Waals surface area contributed by atoms with Gasteiger partial charge in [0.25, 0.3) is 0 Å². The smallest absolute Gasteiger partial charge is 0.0819 e. The predicted molar refractivity (Wildman–Crippen MR) is 170 cm³/mol. The van der Waals surface area contributed by atoms with Crippen LogP contribution in [0.1, 0.15) is 51.4 Å². The Morgan fingerprint density at radius 1 is 0.222 bits per heavy atom. The highest BCUT2D eigenvalue weighted by atomic mass is 15.3. The lowest BCUT2D eigenvalue weighted by molar-refractivity contribution is -0.881. The fourth-order valence-corrected chi connectivity index (χ4v) is 26.9. The van der Waals surface area contributed by atoms with Gasteiger partial charge in [-0.2, -0.15) is 0 Å². The molecule has 1 aliphatic heterocycles. The first-order chi connectivity index (χ1) is 22.1. The second-order valence-corrected chi connectivity index (χ2v) is 24.0. The van der Waals surface area contributed by atoms with Crippen LogP contribution < -0.4 is 0 Å². The quantitative estimate of drug-likeness (QED) is 0.260. The minimum absolute atomic E-state index is 1.13. The molecule has 16 aliphatic carbocycles. The largest absolute Gasteiger partial charge is 0.328 e. The number of hydrogen-bond donors (Lipinski definition) is 0. The summed E-state index contributed by atoms with van der Waals surface area (Å²) in [7, 11) is 5.41. The molecular weight excluding hydrogens is 542 g/mol. The lowest BCUT2D eigenvalue weighted by Gasteiger charge is -2.62. The summed E-state index contributed by atoms with van der Waals surface area (Å²) in [5.41, 5.74) is 0. The fourth-order valence-electron chi connectivity index (χ4n) is 26.9. The molecule has 17 fully saturated rings. The molecule has 1 heteroatoms. The molecule has 0 radical (unpaired) electrons. The first-order valence-corrected chi connectivity index (χ1v) is 21.9. The maximum Gasteiger partial charge on any atom is 0.0819 e. The van der Waals surface area contributed by atoms with E-state index in [0.717, 1.165) is 11.8 Å². The van der Waals surface area contributed by atoms with Crippen molar-refractivity contribution in [1.29, 1.82) is 0 Å². The van der Waals surface area contributed by atoms with Gasteiger partial charge in [-0.05, 0) is 229 Å². The van der Waals surface area contributed by atoms with E-state index >= 15 is 0 Å². The molecule has 0 bridgehead atoms. The van der Waals surface area contributed by atoms with Crippen molar-refractivity contribution in [1.82, 2.24) is 0 Å². The number of nitrogens with zero attached hydrogens (tertiary/aromatic N) is 1. The van der Waals surface area contributed by atoms with Crippen molar-refractivity contribution in [3.63, 3.8) is 0 Å². The van der Waals surface area contributed by atoms with E-state index < -0.39 is 0 Å². The zero-order chi connectivity index (χ0) is 28.0. The number of hydrogen-bond acceptors (Lipinski definition) is 0. The van der Waals surface area contributed by atoms with Crippen LogP contribution in [0.4, 0.5) is 0 Å². The van der Waals surface area contributed by atoms with E-state index in [4.69, 9.17) is 0 Å². The van der Waals surface area contributed by atoms with Crippen LogP contribution >= 0.6 is 0 Å². The molecule has 1 saturated heterocycles. The molecule has 0 N–H and O–H groups in total. The molecule has 238 valence electrons. The summed E-state index contributed by atoms with van der Waals surface area (Å²) in [4.78, 5) is 0. The third-order valence-corrected chi connectivity index (χ3v) is 24.9. The Hall–Kier alpha value is -0.0400. The van der Waals surface area contributed by atoms with Gasteiger partial charge < -0.3 is 4.48 Å². The van der Waals surface area contributed by atoms with Crippen molar-refractivity contribution in [2.24, 2.45) is 189 Å². The molecule has 0 amide bonds. The van der Waals surface area contributed by atoms with Crippen molar-refractivity contribution in [3.05, 3.63) is 0 Å². The molecule has 30 unspecified atom stereocenters. The summed E-state index contributed by atoms with van der Waals surface area (Å²) in [6.07, 6.45) is 13.8.